The Labute approximate surface area is 226 Å². The third-order valence-corrected chi connectivity index (χ3v) is 6.09. The zero-order valence-electron chi connectivity index (χ0n) is 20.0. The van der Waals surface area contributed by atoms with Gasteiger partial charge in [0.1, 0.15) is 17.2 Å². The fourth-order valence-electron chi connectivity index (χ4n) is 4.04. The summed E-state index contributed by atoms with van der Waals surface area (Å²) in [5.41, 5.74) is 2.82. The molecule has 0 bridgehead atoms. The van der Waals surface area contributed by atoms with Crippen molar-refractivity contribution in [2.45, 2.75) is 6.29 Å². The van der Waals surface area contributed by atoms with E-state index in [-0.39, 0.29) is 11.5 Å². The maximum atomic E-state index is 13.6. The Morgan fingerprint density at radius 2 is 1.51 bits per heavy atom. The van der Waals surface area contributed by atoms with Gasteiger partial charge in [-0.05, 0) is 66.2 Å². The van der Waals surface area contributed by atoms with Gasteiger partial charge in [-0.2, -0.15) is 9.78 Å². The van der Waals surface area contributed by atoms with Gasteiger partial charge in [-0.3, -0.25) is 0 Å². The van der Waals surface area contributed by atoms with Crippen LogP contribution in [0, 0.1) is 0 Å². The van der Waals surface area contributed by atoms with Gasteiger partial charge in [-0.15, -0.1) is 8.78 Å². The van der Waals surface area contributed by atoms with Gasteiger partial charge >= 0.3 is 12.3 Å². The van der Waals surface area contributed by atoms with Gasteiger partial charge in [0.15, 0.2) is 11.5 Å². The second kappa shape index (κ2) is 9.77. The number of nitrogens with zero attached hydrogens (tertiary/aromatic N) is 2. The lowest BCUT2D eigenvalue weighted by Crippen LogP contribution is -2.25. The monoisotopic (exact) mass is 545 g/mol. The Morgan fingerprint density at radius 3 is 2.23 bits per heavy atom. The van der Waals surface area contributed by atoms with Crippen molar-refractivity contribution < 1.29 is 27.8 Å². The average Bonchev–Trinajstić information content (AvgIpc) is 3.51. The number of anilines is 1. The minimum atomic E-state index is -3.73. The Bertz CT molecular complexity index is 1660. The number of ether oxygens (including phenoxy) is 3. The summed E-state index contributed by atoms with van der Waals surface area (Å²) in [6, 6.07) is 26.9. The standard InChI is InChI=1S/C29H18ClF2N3O4/c30-20-7-11-22(12-8-20)37-23-13-9-21(10-14-23)33-28(36)35-17-24(27(34-35)18-4-2-1-3-5-18)19-6-15-25-26(16-19)39-29(31,32)38-25/h1-17H,(H,33,36). The topological polar surface area (TPSA) is 74.6 Å². The second-order valence-electron chi connectivity index (χ2n) is 8.54. The molecule has 1 aliphatic heterocycles. The molecule has 7 nitrogen and oxygen atoms in total. The van der Waals surface area contributed by atoms with Gasteiger partial charge in [0, 0.05) is 28.0 Å². The Hall–Kier alpha value is -4.89. The Balaban J connectivity index is 1.26. The summed E-state index contributed by atoms with van der Waals surface area (Å²) in [4.78, 5) is 13.1. The van der Waals surface area contributed by atoms with Crippen molar-refractivity contribution in [2.24, 2.45) is 0 Å². The molecule has 0 spiro atoms. The maximum Gasteiger partial charge on any atom is 0.586 e. The van der Waals surface area contributed by atoms with Crippen LogP contribution in [0.3, 0.4) is 0 Å². The molecule has 1 aromatic heterocycles. The summed E-state index contributed by atoms with van der Waals surface area (Å²) < 4.78 is 43.2. The average molecular weight is 546 g/mol. The highest BCUT2D eigenvalue weighted by Crippen LogP contribution is 2.44. The van der Waals surface area contributed by atoms with Gasteiger partial charge in [-0.1, -0.05) is 48.0 Å². The molecule has 2 heterocycles. The quantitative estimate of drug-likeness (QED) is 0.242. The van der Waals surface area contributed by atoms with Crippen LogP contribution in [0.5, 0.6) is 23.0 Å². The maximum absolute atomic E-state index is 13.6. The molecule has 0 atom stereocenters. The number of amides is 1. The summed E-state index contributed by atoms with van der Waals surface area (Å²) in [7, 11) is 0. The molecule has 4 aromatic carbocycles. The van der Waals surface area contributed by atoms with Crippen molar-refractivity contribution in [2.75, 3.05) is 5.32 Å². The van der Waals surface area contributed by atoms with E-state index in [0.29, 0.717) is 39.0 Å². The van der Waals surface area contributed by atoms with E-state index in [1.807, 2.05) is 30.3 Å². The summed E-state index contributed by atoms with van der Waals surface area (Å²) in [5.74, 6) is 1.03. The molecule has 1 amide bonds. The Morgan fingerprint density at radius 1 is 0.846 bits per heavy atom. The zero-order valence-corrected chi connectivity index (χ0v) is 20.7. The summed E-state index contributed by atoms with van der Waals surface area (Å²) >= 11 is 5.91. The van der Waals surface area contributed by atoms with Crippen LogP contribution in [-0.2, 0) is 0 Å². The van der Waals surface area contributed by atoms with Crippen molar-refractivity contribution in [1.82, 2.24) is 9.78 Å². The van der Waals surface area contributed by atoms with E-state index in [9.17, 15) is 13.6 Å². The number of hydrogen-bond acceptors (Lipinski definition) is 5. The first kappa shape index (κ1) is 24.4. The number of hydrogen-bond donors (Lipinski definition) is 1. The minimum absolute atomic E-state index is 0.0707. The number of nitrogens with one attached hydrogen (secondary N) is 1. The van der Waals surface area contributed by atoms with Crippen LogP contribution in [0.4, 0.5) is 19.3 Å². The molecule has 1 aliphatic rings. The van der Waals surface area contributed by atoms with Gasteiger partial charge in [0.2, 0.25) is 0 Å². The number of fused-ring (bicyclic) bond motifs is 1. The molecule has 194 valence electrons. The van der Waals surface area contributed by atoms with Crippen LogP contribution in [0.25, 0.3) is 22.4 Å². The normalized spacial score (nSPS) is 13.2. The van der Waals surface area contributed by atoms with E-state index in [1.165, 1.54) is 18.3 Å². The number of alkyl halides is 2. The molecule has 0 saturated heterocycles. The van der Waals surface area contributed by atoms with Crippen molar-refractivity contribution in [3.63, 3.8) is 0 Å². The van der Waals surface area contributed by atoms with Crippen molar-refractivity contribution in [1.29, 1.82) is 0 Å². The number of rotatable bonds is 5. The molecular formula is C29H18ClF2N3O4. The third-order valence-electron chi connectivity index (χ3n) is 5.84. The molecular weight excluding hydrogens is 528 g/mol. The van der Waals surface area contributed by atoms with Gasteiger partial charge in [0.25, 0.3) is 0 Å². The molecule has 0 fully saturated rings. The second-order valence-corrected chi connectivity index (χ2v) is 8.98. The van der Waals surface area contributed by atoms with E-state index in [4.69, 9.17) is 16.3 Å². The molecule has 0 unspecified atom stereocenters. The molecule has 0 aliphatic carbocycles. The summed E-state index contributed by atoms with van der Waals surface area (Å²) in [6.45, 7) is 0. The molecule has 10 heteroatoms. The van der Waals surface area contributed by atoms with E-state index < -0.39 is 12.3 Å². The van der Waals surface area contributed by atoms with Crippen molar-refractivity contribution in [3.05, 3.63) is 108 Å². The summed E-state index contributed by atoms with van der Waals surface area (Å²) in [5, 5.41) is 7.91. The van der Waals surface area contributed by atoms with Crippen LogP contribution in [0.15, 0.2) is 103 Å². The summed E-state index contributed by atoms with van der Waals surface area (Å²) in [6.07, 6.45) is -2.20. The highest BCUT2D eigenvalue weighted by molar-refractivity contribution is 6.30. The van der Waals surface area contributed by atoms with Gasteiger partial charge in [0.05, 0.1) is 0 Å². The highest BCUT2D eigenvalue weighted by Gasteiger charge is 2.43. The van der Waals surface area contributed by atoms with Crippen LogP contribution < -0.4 is 19.5 Å². The Kier molecular flexibility index (Phi) is 6.12. The largest absolute Gasteiger partial charge is 0.586 e. The lowest BCUT2D eigenvalue weighted by atomic mass is 10.0. The first-order chi connectivity index (χ1) is 18.8. The number of aromatic nitrogens is 2. The van der Waals surface area contributed by atoms with Gasteiger partial charge in [-0.25, -0.2) is 4.79 Å². The predicted molar refractivity (Wildman–Crippen MR) is 142 cm³/mol. The number of benzene rings is 4. The minimum Gasteiger partial charge on any atom is -0.457 e. The van der Waals surface area contributed by atoms with Crippen LogP contribution in [0.2, 0.25) is 5.02 Å². The predicted octanol–water partition coefficient (Wildman–Crippen LogP) is 8.06. The molecule has 6 rings (SSSR count). The van der Waals surface area contributed by atoms with E-state index in [2.05, 4.69) is 19.9 Å². The number of carbonyl (C=O) groups excluding carboxylic acids is 1. The fourth-order valence-corrected chi connectivity index (χ4v) is 4.17. The molecule has 0 saturated carbocycles. The van der Waals surface area contributed by atoms with Crippen molar-refractivity contribution in [3.8, 4) is 45.4 Å². The highest BCUT2D eigenvalue weighted by atomic mass is 35.5. The van der Waals surface area contributed by atoms with E-state index in [0.717, 1.165) is 10.2 Å². The number of halogens is 3. The van der Waals surface area contributed by atoms with E-state index in [1.54, 1.807) is 54.6 Å². The fraction of sp³-hybridized carbons (Fsp3) is 0.0345. The first-order valence-electron chi connectivity index (χ1n) is 11.7. The van der Waals surface area contributed by atoms with Crippen LogP contribution >= 0.6 is 11.6 Å². The molecule has 1 N–H and O–H groups in total. The van der Waals surface area contributed by atoms with Crippen LogP contribution in [0.1, 0.15) is 0 Å². The molecule has 5 aromatic rings. The lowest BCUT2D eigenvalue weighted by Gasteiger charge is -2.08. The smallest absolute Gasteiger partial charge is 0.457 e. The third kappa shape index (κ3) is 5.25. The molecule has 39 heavy (non-hydrogen) atoms. The van der Waals surface area contributed by atoms with Gasteiger partial charge < -0.3 is 19.5 Å². The lowest BCUT2D eigenvalue weighted by molar-refractivity contribution is -0.286. The zero-order chi connectivity index (χ0) is 27.0. The van der Waals surface area contributed by atoms with E-state index >= 15 is 0 Å². The molecule has 0 radical (unpaired) electrons. The first-order valence-corrected chi connectivity index (χ1v) is 12.1. The van der Waals surface area contributed by atoms with Crippen molar-refractivity contribution >= 4 is 23.3 Å². The van der Waals surface area contributed by atoms with Crippen LogP contribution in [-0.4, -0.2) is 22.1 Å². The number of carbonyl (C=O) groups is 1. The SMILES string of the molecule is O=C(Nc1ccc(Oc2ccc(Cl)cc2)cc1)n1cc(-c2ccc3c(c2)OC(F)(F)O3)c(-c2ccccc2)n1.